The third-order valence-corrected chi connectivity index (χ3v) is 5.64. The van der Waals surface area contributed by atoms with Gasteiger partial charge in [-0.15, -0.1) is 21.5 Å². The summed E-state index contributed by atoms with van der Waals surface area (Å²) in [6.07, 6.45) is -4.47. The molecular formula is C20H17F3N4OS. The standard InChI is InChI=1S/C20H17F3N4OS/c21-20(22,23)15-4-1-3-14(13-15)19(28)27-10-8-26(9-11-27)18-7-6-16(24-25-18)17-5-2-12-29-17/h1-7,12-13H,8-11H2. The average molecular weight is 418 g/mol. The van der Waals surface area contributed by atoms with Crippen LogP contribution in [0, 0.1) is 0 Å². The normalized spacial score (nSPS) is 14.9. The smallest absolute Gasteiger partial charge is 0.352 e. The zero-order valence-corrected chi connectivity index (χ0v) is 16.1. The number of anilines is 1. The molecule has 5 nitrogen and oxygen atoms in total. The average Bonchev–Trinajstić information content (AvgIpc) is 3.28. The van der Waals surface area contributed by atoms with Crippen LogP contribution >= 0.6 is 11.3 Å². The lowest BCUT2D eigenvalue weighted by atomic mass is 10.1. The van der Waals surface area contributed by atoms with Gasteiger partial charge in [0.05, 0.1) is 10.4 Å². The predicted octanol–water partition coefficient (Wildman–Crippen LogP) is 4.19. The number of aromatic nitrogens is 2. The fourth-order valence-electron chi connectivity index (χ4n) is 3.20. The van der Waals surface area contributed by atoms with E-state index in [1.54, 1.807) is 16.2 Å². The summed E-state index contributed by atoms with van der Waals surface area (Å²) >= 11 is 1.59. The van der Waals surface area contributed by atoms with Crippen LogP contribution in [0.1, 0.15) is 15.9 Å². The molecule has 1 amide bonds. The predicted molar refractivity (Wildman–Crippen MR) is 105 cm³/mol. The van der Waals surface area contributed by atoms with Crippen molar-refractivity contribution in [1.29, 1.82) is 0 Å². The SMILES string of the molecule is O=C(c1cccc(C(F)(F)F)c1)N1CCN(c2ccc(-c3cccs3)nn2)CC1. The third kappa shape index (κ3) is 4.24. The fourth-order valence-corrected chi connectivity index (χ4v) is 3.89. The van der Waals surface area contributed by atoms with E-state index < -0.39 is 17.6 Å². The Balaban J connectivity index is 1.40. The van der Waals surface area contributed by atoms with Crippen LogP contribution in [0.5, 0.6) is 0 Å². The Morgan fingerprint density at radius 3 is 2.38 bits per heavy atom. The highest BCUT2D eigenvalue weighted by Crippen LogP contribution is 2.30. The van der Waals surface area contributed by atoms with Gasteiger partial charge in [0, 0.05) is 31.7 Å². The Hall–Kier alpha value is -2.94. The lowest BCUT2D eigenvalue weighted by Crippen LogP contribution is -2.49. The van der Waals surface area contributed by atoms with Crippen LogP contribution in [-0.2, 0) is 6.18 Å². The largest absolute Gasteiger partial charge is 0.416 e. The van der Waals surface area contributed by atoms with Gasteiger partial charge in [0.2, 0.25) is 0 Å². The molecule has 0 aliphatic carbocycles. The number of benzene rings is 1. The maximum Gasteiger partial charge on any atom is 0.416 e. The maximum absolute atomic E-state index is 12.9. The van der Waals surface area contributed by atoms with Crippen LogP contribution in [0.15, 0.2) is 53.9 Å². The molecule has 0 spiro atoms. The molecule has 29 heavy (non-hydrogen) atoms. The van der Waals surface area contributed by atoms with Gasteiger partial charge in [0.1, 0.15) is 5.69 Å². The van der Waals surface area contributed by atoms with Gasteiger partial charge >= 0.3 is 6.18 Å². The first-order chi connectivity index (χ1) is 13.9. The molecule has 3 heterocycles. The Morgan fingerprint density at radius 1 is 0.966 bits per heavy atom. The lowest BCUT2D eigenvalue weighted by molar-refractivity contribution is -0.137. The van der Waals surface area contributed by atoms with E-state index in [0.29, 0.717) is 26.2 Å². The van der Waals surface area contributed by atoms with E-state index in [9.17, 15) is 18.0 Å². The number of nitrogens with zero attached hydrogens (tertiary/aromatic N) is 4. The van der Waals surface area contributed by atoms with E-state index in [2.05, 4.69) is 10.2 Å². The zero-order valence-electron chi connectivity index (χ0n) is 15.3. The molecule has 0 saturated carbocycles. The van der Waals surface area contributed by atoms with Crippen LogP contribution in [0.25, 0.3) is 10.6 Å². The molecule has 150 valence electrons. The maximum atomic E-state index is 12.9. The van der Waals surface area contributed by atoms with Crippen LogP contribution in [-0.4, -0.2) is 47.2 Å². The van der Waals surface area contributed by atoms with Crippen LogP contribution in [0.3, 0.4) is 0 Å². The number of carbonyl (C=O) groups is 1. The first-order valence-corrected chi connectivity index (χ1v) is 9.89. The van der Waals surface area contributed by atoms with E-state index in [0.717, 1.165) is 28.5 Å². The van der Waals surface area contributed by atoms with Gasteiger partial charge in [0.25, 0.3) is 5.91 Å². The number of rotatable bonds is 3. The van der Waals surface area contributed by atoms with Crippen molar-refractivity contribution in [2.75, 3.05) is 31.1 Å². The molecule has 9 heteroatoms. The summed E-state index contributed by atoms with van der Waals surface area (Å²) in [5, 5.41) is 10.5. The second kappa shape index (κ2) is 7.82. The van der Waals surface area contributed by atoms with Gasteiger partial charge in [-0.3, -0.25) is 4.79 Å². The summed E-state index contributed by atoms with van der Waals surface area (Å²) in [5.74, 6) is 0.325. The van der Waals surface area contributed by atoms with Gasteiger partial charge in [0.15, 0.2) is 5.82 Å². The number of halogens is 3. The van der Waals surface area contributed by atoms with Gasteiger partial charge < -0.3 is 9.80 Å². The van der Waals surface area contributed by atoms with Crippen molar-refractivity contribution in [2.24, 2.45) is 0 Å². The Morgan fingerprint density at radius 2 is 1.76 bits per heavy atom. The summed E-state index contributed by atoms with van der Waals surface area (Å²) in [5.41, 5.74) is 0.0403. The van der Waals surface area contributed by atoms with E-state index in [-0.39, 0.29) is 5.56 Å². The molecule has 0 unspecified atom stereocenters. The second-order valence-corrected chi connectivity index (χ2v) is 7.56. The summed E-state index contributed by atoms with van der Waals surface area (Å²) in [6.45, 7) is 1.89. The van der Waals surface area contributed by atoms with Crippen molar-refractivity contribution in [3.63, 3.8) is 0 Å². The summed E-state index contributed by atoms with van der Waals surface area (Å²) < 4.78 is 38.7. The molecule has 3 aromatic rings. The summed E-state index contributed by atoms with van der Waals surface area (Å²) in [7, 11) is 0. The molecule has 1 aliphatic heterocycles. The van der Waals surface area contributed by atoms with E-state index in [4.69, 9.17) is 0 Å². The van der Waals surface area contributed by atoms with Crippen molar-refractivity contribution in [1.82, 2.24) is 15.1 Å². The van der Waals surface area contributed by atoms with Crippen molar-refractivity contribution >= 4 is 23.1 Å². The molecular weight excluding hydrogens is 401 g/mol. The molecule has 0 radical (unpaired) electrons. The lowest BCUT2D eigenvalue weighted by Gasteiger charge is -2.35. The number of carbonyl (C=O) groups excluding carboxylic acids is 1. The monoisotopic (exact) mass is 418 g/mol. The number of thiophene rings is 1. The van der Waals surface area contributed by atoms with Crippen LogP contribution in [0.2, 0.25) is 0 Å². The second-order valence-electron chi connectivity index (χ2n) is 6.61. The minimum atomic E-state index is -4.47. The highest BCUT2D eigenvalue weighted by Gasteiger charge is 2.31. The van der Waals surface area contributed by atoms with Gasteiger partial charge in [-0.2, -0.15) is 13.2 Å². The molecule has 2 aromatic heterocycles. The minimum Gasteiger partial charge on any atom is -0.352 e. The summed E-state index contributed by atoms with van der Waals surface area (Å²) in [4.78, 5) is 17.2. The van der Waals surface area contributed by atoms with Crippen LogP contribution in [0.4, 0.5) is 19.0 Å². The Bertz CT molecular complexity index is 982. The number of hydrogen-bond donors (Lipinski definition) is 0. The van der Waals surface area contributed by atoms with Gasteiger partial charge in [-0.25, -0.2) is 0 Å². The van der Waals surface area contributed by atoms with E-state index in [1.807, 2.05) is 34.5 Å². The van der Waals surface area contributed by atoms with Crippen molar-refractivity contribution in [2.45, 2.75) is 6.18 Å². The Kier molecular flexibility index (Phi) is 5.23. The number of hydrogen-bond acceptors (Lipinski definition) is 5. The quantitative estimate of drug-likeness (QED) is 0.640. The Labute approximate surface area is 169 Å². The van der Waals surface area contributed by atoms with E-state index in [1.165, 1.54) is 12.1 Å². The number of alkyl halides is 3. The highest BCUT2D eigenvalue weighted by atomic mass is 32.1. The minimum absolute atomic E-state index is 0.0494. The van der Waals surface area contributed by atoms with Crippen LogP contribution < -0.4 is 4.90 Å². The van der Waals surface area contributed by atoms with Gasteiger partial charge in [-0.05, 0) is 41.8 Å². The third-order valence-electron chi connectivity index (χ3n) is 4.75. The highest BCUT2D eigenvalue weighted by molar-refractivity contribution is 7.13. The molecule has 0 atom stereocenters. The summed E-state index contributed by atoms with van der Waals surface area (Å²) in [6, 6.07) is 12.3. The number of amides is 1. The first kappa shape index (κ1) is 19.4. The first-order valence-electron chi connectivity index (χ1n) is 9.01. The molecule has 1 fully saturated rings. The molecule has 4 rings (SSSR count). The van der Waals surface area contributed by atoms with Crippen molar-refractivity contribution < 1.29 is 18.0 Å². The number of piperazine rings is 1. The zero-order chi connectivity index (χ0) is 20.4. The van der Waals surface area contributed by atoms with Crippen molar-refractivity contribution in [3.05, 3.63) is 65.0 Å². The van der Waals surface area contributed by atoms with Gasteiger partial charge in [-0.1, -0.05) is 12.1 Å². The molecule has 1 aromatic carbocycles. The van der Waals surface area contributed by atoms with E-state index >= 15 is 0 Å². The molecule has 0 N–H and O–H groups in total. The molecule has 0 bridgehead atoms. The molecule has 1 saturated heterocycles. The molecule has 1 aliphatic rings. The fraction of sp³-hybridized carbons (Fsp3) is 0.250. The van der Waals surface area contributed by atoms with Crippen molar-refractivity contribution in [3.8, 4) is 10.6 Å². The topological polar surface area (TPSA) is 49.3 Å².